The molecule has 15 heavy (non-hydrogen) atoms. The molecule has 1 heterocycles. The van der Waals surface area contributed by atoms with E-state index in [1.54, 1.807) is 13.0 Å². The first-order valence-corrected chi connectivity index (χ1v) is 5.05. The van der Waals surface area contributed by atoms with Crippen LogP contribution in [0.15, 0.2) is 10.6 Å². The lowest BCUT2D eigenvalue weighted by atomic mass is 9.88. The van der Waals surface area contributed by atoms with E-state index in [4.69, 9.17) is 4.52 Å². The number of nitrogens with zero attached hydrogens (tertiary/aromatic N) is 1. The van der Waals surface area contributed by atoms with Crippen molar-refractivity contribution in [1.82, 2.24) is 10.5 Å². The van der Waals surface area contributed by atoms with Gasteiger partial charge < -0.3 is 9.84 Å². The summed E-state index contributed by atoms with van der Waals surface area (Å²) in [5.74, 6) is 0.456. The molecule has 0 aliphatic carbocycles. The molecule has 0 aliphatic rings. The highest BCUT2D eigenvalue weighted by Crippen LogP contribution is 2.18. The molecule has 0 saturated heterocycles. The zero-order chi connectivity index (χ0) is 11.6. The second-order valence-electron chi connectivity index (χ2n) is 4.88. The van der Waals surface area contributed by atoms with Gasteiger partial charge in [-0.2, -0.15) is 0 Å². The number of carbonyl (C=O) groups is 1. The largest absolute Gasteiger partial charge is 0.361 e. The molecule has 0 unspecified atom stereocenters. The summed E-state index contributed by atoms with van der Waals surface area (Å²) in [6, 6.07) is 1.71. The molecular weight excluding hydrogens is 192 g/mol. The van der Waals surface area contributed by atoms with Crippen LogP contribution in [0.5, 0.6) is 0 Å². The summed E-state index contributed by atoms with van der Waals surface area (Å²) in [4.78, 5) is 11.7. The lowest BCUT2D eigenvalue weighted by molar-refractivity contribution is 0.0901. The number of nitrogens with one attached hydrogen (secondary N) is 1. The maximum absolute atomic E-state index is 11.7. The molecule has 0 fully saturated rings. The molecule has 1 rings (SSSR count). The van der Waals surface area contributed by atoms with Crippen LogP contribution in [-0.2, 0) is 0 Å². The van der Waals surface area contributed by atoms with Gasteiger partial charge in [0.1, 0.15) is 5.76 Å². The Kier molecular flexibility index (Phi) is 3.17. The predicted molar refractivity (Wildman–Crippen MR) is 57.6 cm³/mol. The average Bonchev–Trinajstić information content (AvgIpc) is 2.50. The smallest absolute Gasteiger partial charge is 0.273 e. The topological polar surface area (TPSA) is 55.1 Å². The van der Waals surface area contributed by atoms with Crippen molar-refractivity contribution in [3.63, 3.8) is 0 Å². The predicted octanol–water partition coefficient (Wildman–Crippen LogP) is 2.15. The number of rotatable bonds is 2. The molecule has 1 atom stereocenters. The Morgan fingerprint density at radius 1 is 1.53 bits per heavy atom. The van der Waals surface area contributed by atoms with Gasteiger partial charge in [-0.1, -0.05) is 25.9 Å². The molecule has 0 spiro atoms. The third kappa shape index (κ3) is 3.08. The summed E-state index contributed by atoms with van der Waals surface area (Å²) in [6.45, 7) is 9.96. The van der Waals surface area contributed by atoms with Gasteiger partial charge in [-0.3, -0.25) is 4.79 Å². The van der Waals surface area contributed by atoms with Crippen LogP contribution in [0.4, 0.5) is 0 Å². The number of hydrogen-bond acceptors (Lipinski definition) is 3. The van der Waals surface area contributed by atoms with Gasteiger partial charge >= 0.3 is 0 Å². The zero-order valence-electron chi connectivity index (χ0n) is 9.92. The fourth-order valence-electron chi connectivity index (χ4n) is 0.961. The summed E-state index contributed by atoms with van der Waals surface area (Å²) >= 11 is 0. The van der Waals surface area contributed by atoms with E-state index in [-0.39, 0.29) is 17.4 Å². The van der Waals surface area contributed by atoms with E-state index in [0.29, 0.717) is 11.5 Å². The van der Waals surface area contributed by atoms with E-state index in [1.807, 2.05) is 6.92 Å². The van der Waals surface area contributed by atoms with E-state index in [2.05, 4.69) is 31.2 Å². The minimum atomic E-state index is -0.186. The van der Waals surface area contributed by atoms with E-state index < -0.39 is 0 Å². The maximum atomic E-state index is 11.7. The van der Waals surface area contributed by atoms with Gasteiger partial charge in [0, 0.05) is 12.1 Å². The lowest BCUT2D eigenvalue weighted by Gasteiger charge is -2.27. The zero-order valence-corrected chi connectivity index (χ0v) is 9.92. The van der Waals surface area contributed by atoms with Crippen molar-refractivity contribution in [3.05, 3.63) is 17.5 Å². The monoisotopic (exact) mass is 210 g/mol. The highest BCUT2D eigenvalue weighted by atomic mass is 16.5. The second kappa shape index (κ2) is 4.04. The molecule has 1 aromatic rings. The van der Waals surface area contributed by atoms with E-state index >= 15 is 0 Å². The van der Waals surface area contributed by atoms with Crippen LogP contribution in [0.2, 0.25) is 0 Å². The van der Waals surface area contributed by atoms with Crippen molar-refractivity contribution >= 4 is 5.91 Å². The van der Waals surface area contributed by atoms with Crippen molar-refractivity contribution in [2.24, 2.45) is 5.41 Å². The number of aryl methyl sites for hydroxylation is 1. The fourth-order valence-corrected chi connectivity index (χ4v) is 0.961. The first-order chi connectivity index (χ1) is 6.80. The van der Waals surface area contributed by atoms with Crippen molar-refractivity contribution < 1.29 is 9.32 Å². The van der Waals surface area contributed by atoms with Gasteiger partial charge in [0.15, 0.2) is 5.69 Å². The normalized spacial score (nSPS) is 13.7. The summed E-state index contributed by atoms with van der Waals surface area (Å²) in [5.41, 5.74) is 0.373. The van der Waals surface area contributed by atoms with Gasteiger partial charge in [0.05, 0.1) is 0 Å². The minimum absolute atomic E-state index is 0.0362. The van der Waals surface area contributed by atoms with Crippen LogP contribution in [0.25, 0.3) is 0 Å². The van der Waals surface area contributed by atoms with Gasteiger partial charge in [-0.25, -0.2) is 0 Å². The van der Waals surface area contributed by atoms with Crippen LogP contribution in [0.1, 0.15) is 43.9 Å². The number of amides is 1. The van der Waals surface area contributed by atoms with Crippen molar-refractivity contribution in [1.29, 1.82) is 0 Å². The Labute approximate surface area is 90.0 Å². The van der Waals surface area contributed by atoms with Gasteiger partial charge in [0.2, 0.25) is 0 Å². The third-order valence-electron chi connectivity index (χ3n) is 2.51. The molecular formula is C11H18N2O2. The van der Waals surface area contributed by atoms with Crippen LogP contribution < -0.4 is 5.32 Å². The number of hydrogen-bond donors (Lipinski definition) is 1. The summed E-state index contributed by atoms with van der Waals surface area (Å²) < 4.78 is 4.84. The molecule has 1 N–H and O–H groups in total. The first-order valence-electron chi connectivity index (χ1n) is 5.05. The highest BCUT2D eigenvalue weighted by Gasteiger charge is 2.23. The molecule has 0 aliphatic heterocycles. The fraction of sp³-hybridized carbons (Fsp3) is 0.636. The Morgan fingerprint density at radius 3 is 2.53 bits per heavy atom. The SMILES string of the molecule is Cc1cc(C(=O)N[C@@H](C)C(C)(C)C)no1. The second-order valence-corrected chi connectivity index (χ2v) is 4.88. The van der Waals surface area contributed by atoms with Crippen LogP contribution >= 0.6 is 0 Å². The van der Waals surface area contributed by atoms with Crippen LogP contribution in [0.3, 0.4) is 0 Å². The first kappa shape index (κ1) is 11.8. The Bertz CT molecular complexity index is 350. The Morgan fingerprint density at radius 2 is 2.13 bits per heavy atom. The molecule has 84 valence electrons. The third-order valence-corrected chi connectivity index (χ3v) is 2.51. The minimum Gasteiger partial charge on any atom is -0.361 e. The Balaban J connectivity index is 2.64. The summed E-state index contributed by atoms with van der Waals surface area (Å²) in [5, 5.41) is 6.55. The van der Waals surface area contributed by atoms with E-state index in [9.17, 15) is 4.79 Å². The maximum Gasteiger partial charge on any atom is 0.273 e. The van der Waals surface area contributed by atoms with Crippen LogP contribution in [0, 0.1) is 12.3 Å². The molecule has 0 bridgehead atoms. The van der Waals surface area contributed by atoms with Gasteiger partial charge in [-0.05, 0) is 19.3 Å². The van der Waals surface area contributed by atoms with Crippen molar-refractivity contribution in [2.45, 2.75) is 40.7 Å². The number of aromatic nitrogens is 1. The summed E-state index contributed by atoms with van der Waals surface area (Å²) in [6.07, 6.45) is 0. The quantitative estimate of drug-likeness (QED) is 0.813. The van der Waals surface area contributed by atoms with Crippen LogP contribution in [-0.4, -0.2) is 17.1 Å². The summed E-state index contributed by atoms with van der Waals surface area (Å²) in [7, 11) is 0. The van der Waals surface area contributed by atoms with Crippen molar-refractivity contribution in [2.75, 3.05) is 0 Å². The molecule has 4 nitrogen and oxygen atoms in total. The van der Waals surface area contributed by atoms with Gasteiger partial charge in [0.25, 0.3) is 5.91 Å². The molecule has 0 saturated carbocycles. The van der Waals surface area contributed by atoms with E-state index in [0.717, 1.165) is 0 Å². The highest BCUT2D eigenvalue weighted by molar-refractivity contribution is 5.92. The molecule has 0 aromatic carbocycles. The van der Waals surface area contributed by atoms with Crippen molar-refractivity contribution in [3.8, 4) is 0 Å². The lowest BCUT2D eigenvalue weighted by Crippen LogP contribution is -2.41. The molecule has 1 amide bonds. The number of carbonyl (C=O) groups excluding carboxylic acids is 1. The van der Waals surface area contributed by atoms with E-state index in [1.165, 1.54) is 0 Å². The standard InChI is InChI=1S/C11H18N2O2/c1-7-6-9(13-15-7)10(14)12-8(2)11(3,4)5/h6,8H,1-5H3,(H,12,14)/t8-/m0/s1. The molecule has 0 radical (unpaired) electrons. The Hall–Kier alpha value is -1.32. The molecule has 1 aromatic heterocycles. The molecule has 4 heteroatoms. The van der Waals surface area contributed by atoms with Gasteiger partial charge in [-0.15, -0.1) is 0 Å². The average molecular weight is 210 g/mol.